The van der Waals surface area contributed by atoms with Gasteiger partial charge in [-0.25, -0.2) is 0 Å². The van der Waals surface area contributed by atoms with Gasteiger partial charge in [-0.2, -0.15) is 0 Å². The van der Waals surface area contributed by atoms with E-state index in [4.69, 9.17) is 4.74 Å². The molecule has 0 saturated carbocycles. The number of thioether (sulfide) groups is 2. The van der Waals surface area contributed by atoms with Crippen LogP contribution in [0.2, 0.25) is 0 Å². The molecule has 2 N–H and O–H groups in total. The first-order valence-corrected chi connectivity index (χ1v) is 15.1. The first kappa shape index (κ1) is 30.5. The van der Waals surface area contributed by atoms with E-state index < -0.39 is 0 Å². The number of methoxy groups -OCH3 is 1. The lowest BCUT2D eigenvalue weighted by Crippen LogP contribution is -2.38. The molecular weight excluding hydrogens is 558 g/mol. The van der Waals surface area contributed by atoms with Crippen LogP contribution in [-0.2, 0) is 11.3 Å². The van der Waals surface area contributed by atoms with Gasteiger partial charge in [0.25, 0.3) is 11.8 Å². The van der Waals surface area contributed by atoms with E-state index in [0.717, 1.165) is 26.8 Å². The molecule has 2 heterocycles. The van der Waals surface area contributed by atoms with Crippen molar-refractivity contribution in [3.8, 4) is 5.75 Å². The molecule has 0 radical (unpaired) electrons. The Labute approximate surface area is 250 Å². The smallest absolute Gasteiger partial charge is 0.257 e. The second-order valence-corrected chi connectivity index (χ2v) is 12.6. The van der Waals surface area contributed by atoms with Gasteiger partial charge in [0.1, 0.15) is 5.75 Å². The van der Waals surface area contributed by atoms with Gasteiger partial charge in [-0.3, -0.25) is 14.4 Å². The van der Waals surface area contributed by atoms with Crippen molar-refractivity contribution >= 4 is 41.2 Å². The zero-order chi connectivity index (χ0) is 29.5. The number of hydrogen-bond donors (Lipinski definition) is 2. The summed E-state index contributed by atoms with van der Waals surface area (Å²) in [4.78, 5) is 45.1. The highest BCUT2D eigenvalue weighted by Crippen LogP contribution is 2.42. The molecule has 2 aromatic rings. The third kappa shape index (κ3) is 7.87. The van der Waals surface area contributed by atoms with Crippen molar-refractivity contribution in [1.29, 1.82) is 0 Å². The van der Waals surface area contributed by atoms with E-state index in [1.165, 1.54) is 29.6 Å². The fraction of sp³-hybridized carbons (Fsp3) is 0.367. The fourth-order valence-corrected chi connectivity index (χ4v) is 6.85. The molecule has 1 atom stereocenters. The molecule has 41 heavy (non-hydrogen) atoms. The third-order valence-corrected chi connectivity index (χ3v) is 9.10. The van der Waals surface area contributed by atoms with Crippen LogP contribution in [0.3, 0.4) is 0 Å². The highest BCUT2D eigenvalue weighted by atomic mass is 32.2. The minimum absolute atomic E-state index is 0.116. The lowest BCUT2D eigenvalue weighted by atomic mass is 10.1. The molecule has 0 aliphatic carbocycles. The van der Waals surface area contributed by atoms with Gasteiger partial charge in [0.2, 0.25) is 5.91 Å². The number of benzene rings is 2. The highest BCUT2D eigenvalue weighted by molar-refractivity contribution is 8.22. The molecule has 1 fully saturated rings. The van der Waals surface area contributed by atoms with Gasteiger partial charge >= 0.3 is 0 Å². The Morgan fingerprint density at radius 2 is 1.93 bits per heavy atom. The Hall–Kier alpha value is -3.41. The number of hydrogen-bond acceptors (Lipinski definition) is 8. The Morgan fingerprint density at radius 3 is 2.66 bits per heavy atom. The molecule has 2 aromatic carbocycles. The van der Waals surface area contributed by atoms with Gasteiger partial charge in [-0.1, -0.05) is 42.2 Å². The second-order valence-electron chi connectivity index (χ2n) is 10.1. The maximum Gasteiger partial charge on any atom is 0.257 e. The lowest BCUT2D eigenvalue weighted by Gasteiger charge is -2.23. The Kier molecular flexibility index (Phi) is 10.4. The van der Waals surface area contributed by atoms with Gasteiger partial charge in [0.05, 0.1) is 16.9 Å². The number of aryl methyl sites for hydroxylation is 1. The van der Waals surface area contributed by atoms with Gasteiger partial charge in [0, 0.05) is 49.4 Å². The van der Waals surface area contributed by atoms with Crippen LogP contribution in [-0.4, -0.2) is 85.3 Å². The number of carbonyl (C=O) groups excluding carboxylic acids is 3. The molecule has 0 aromatic heterocycles. The van der Waals surface area contributed by atoms with Crippen LogP contribution in [0.5, 0.6) is 5.75 Å². The van der Waals surface area contributed by atoms with E-state index in [1.54, 1.807) is 16.9 Å². The van der Waals surface area contributed by atoms with Crippen molar-refractivity contribution in [3.63, 3.8) is 0 Å². The van der Waals surface area contributed by atoms with Crippen molar-refractivity contribution in [2.24, 2.45) is 0 Å². The monoisotopic (exact) mass is 595 g/mol. The average Bonchev–Trinajstić information content (AvgIpc) is 3.24. The van der Waals surface area contributed by atoms with Crippen molar-refractivity contribution in [2.75, 3.05) is 47.4 Å². The van der Waals surface area contributed by atoms with E-state index in [0.29, 0.717) is 49.5 Å². The lowest BCUT2D eigenvalue weighted by molar-refractivity contribution is -0.125. The zero-order valence-electron chi connectivity index (χ0n) is 23.9. The largest absolute Gasteiger partial charge is 0.496 e. The van der Waals surface area contributed by atoms with Gasteiger partial charge in [-0.15, -0.1) is 0 Å². The molecular formula is C30H37N5O4S2. The van der Waals surface area contributed by atoms with Crippen LogP contribution in [0.1, 0.15) is 38.3 Å². The third-order valence-electron chi connectivity index (χ3n) is 6.74. The normalized spacial score (nSPS) is 17.0. The minimum Gasteiger partial charge on any atom is -0.496 e. The molecule has 3 amide bonds. The Bertz CT molecular complexity index is 1350. The maximum absolute atomic E-state index is 13.6. The van der Waals surface area contributed by atoms with Gasteiger partial charge < -0.3 is 30.1 Å². The van der Waals surface area contributed by atoms with Crippen LogP contribution >= 0.6 is 23.5 Å². The van der Waals surface area contributed by atoms with Crippen LogP contribution in [0.15, 0.2) is 64.4 Å². The fourth-order valence-electron chi connectivity index (χ4n) is 4.69. The number of carbonyl (C=O) groups is 3. The predicted molar refractivity (Wildman–Crippen MR) is 165 cm³/mol. The summed E-state index contributed by atoms with van der Waals surface area (Å²) in [6.07, 6.45) is 3.89. The molecule has 218 valence electrons. The second kappa shape index (κ2) is 14.0. The first-order chi connectivity index (χ1) is 19.7. The molecule has 1 saturated heterocycles. The predicted octanol–water partition coefficient (Wildman–Crippen LogP) is 3.87. The van der Waals surface area contributed by atoms with Crippen molar-refractivity contribution in [1.82, 2.24) is 25.3 Å². The molecule has 0 spiro atoms. The molecule has 2 aliphatic rings. The van der Waals surface area contributed by atoms with Crippen molar-refractivity contribution in [2.45, 2.75) is 30.3 Å². The molecule has 9 nitrogen and oxygen atoms in total. The zero-order valence-corrected chi connectivity index (χ0v) is 25.6. The van der Waals surface area contributed by atoms with Crippen LogP contribution in [0.25, 0.3) is 0 Å². The summed E-state index contributed by atoms with van der Waals surface area (Å²) in [5.74, 6) is 0.140. The highest BCUT2D eigenvalue weighted by Gasteiger charge is 2.26. The summed E-state index contributed by atoms with van der Waals surface area (Å²) >= 11 is 3.05. The van der Waals surface area contributed by atoms with Crippen molar-refractivity contribution < 1.29 is 19.1 Å². The number of amides is 3. The molecule has 1 unspecified atom stereocenters. The van der Waals surface area contributed by atoms with Gasteiger partial charge in [0.15, 0.2) is 5.50 Å². The standard InChI is InChI=1S/C30H37N5O4S2/c1-6-26(36)34-11-8-12-35(14-13-34)29(38)23-17-25(20(2)15-24(23)39-5)40-27-18-31-30(41-27)32-28(37)22-10-7-9-21(16-22)19-33(3)4/h6-7,9-10,15-18,30-31H,1,8,11-14,19H2,2-5H3,(H,32,37). The molecule has 11 heteroatoms. The number of rotatable bonds is 9. The number of nitrogens with one attached hydrogen (secondary N) is 2. The van der Waals surface area contributed by atoms with Gasteiger partial charge in [-0.05, 0) is 68.9 Å². The summed E-state index contributed by atoms with van der Waals surface area (Å²) in [6.45, 7) is 8.38. The van der Waals surface area contributed by atoms with E-state index in [2.05, 4.69) is 22.1 Å². The Balaban J connectivity index is 1.41. The summed E-state index contributed by atoms with van der Waals surface area (Å²) in [5.41, 5.74) is 2.86. The summed E-state index contributed by atoms with van der Waals surface area (Å²) in [5, 5.41) is 6.27. The summed E-state index contributed by atoms with van der Waals surface area (Å²) in [7, 11) is 5.56. The van der Waals surface area contributed by atoms with E-state index in [9.17, 15) is 14.4 Å². The van der Waals surface area contributed by atoms with Crippen molar-refractivity contribution in [3.05, 3.63) is 81.7 Å². The molecule has 2 aliphatic heterocycles. The van der Waals surface area contributed by atoms with Crippen LogP contribution in [0, 0.1) is 6.92 Å². The molecule has 0 bridgehead atoms. The Morgan fingerprint density at radius 1 is 1.17 bits per heavy atom. The topological polar surface area (TPSA) is 94.2 Å². The maximum atomic E-state index is 13.6. The molecule has 4 rings (SSSR count). The average molecular weight is 596 g/mol. The summed E-state index contributed by atoms with van der Waals surface area (Å²) < 4.78 is 6.56. The SMILES string of the molecule is C=CC(=O)N1CCCN(C(=O)c2cc(SC3=CNC(NC(=O)c4cccc(CN(C)C)c4)S3)c(C)cc2OC)CC1. The summed E-state index contributed by atoms with van der Waals surface area (Å²) in [6, 6.07) is 11.4. The van der Waals surface area contributed by atoms with E-state index in [-0.39, 0.29) is 23.2 Å². The quantitative estimate of drug-likeness (QED) is 0.422. The van der Waals surface area contributed by atoms with Crippen LogP contribution in [0.4, 0.5) is 0 Å². The van der Waals surface area contributed by atoms with E-state index in [1.807, 2.05) is 63.6 Å². The number of nitrogens with zero attached hydrogens (tertiary/aromatic N) is 3. The number of ether oxygens (including phenoxy) is 1. The first-order valence-electron chi connectivity index (χ1n) is 13.4. The van der Waals surface area contributed by atoms with Crippen LogP contribution < -0.4 is 15.4 Å². The van der Waals surface area contributed by atoms with E-state index >= 15 is 0 Å². The minimum atomic E-state index is -0.305.